The molecule has 0 saturated heterocycles. The molecule has 0 bridgehead atoms. The molecule has 2 amide bonds. The van der Waals surface area contributed by atoms with Gasteiger partial charge in [-0.05, 0) is 29.3 Å². The summed E-state index contributed by atoms with van der Waals surface area (Å²) in [6.07, 6.45) is 0.700. The van der Waals surface area contributed by atoms with Crippen LogP contribution in [0.4, 0.5) is 0 Å². The minimum Gasteiger partial charge on any atom is -0.454 e. The first-order chi connectivity index (χ1) is 13.0. The average molecular weight is 388 g/mol. The van der Waals surface area contributed by atoms with Crippen molar-refractivity contribution in [3.05, 3.63) is 58.3 Å². The fourth-order valence-electron chi connectivity index (χ4n) is 2.39. The molecule has 0 aliphatic carbocycles. The molecule has 0 fully saturated rings. The van der Waals surface area contributed by atoms with Crippen molar-refractivity contribution < 1.29 is 19.1 Å². The van der Waals surface area contributed by atoms with E-state index in [1.165, 1.54) is 11.3 Å². The molecule has 2 aromatic rings. The predicted molar refractivity (Wildman–Crippen MR) is 105 cm³/mol. The normalized spacial score (nSPS) is 11.7. The molecule has 6 nitrogen and oxygen atoms in total. The Kier molecular flexibility index (Phi) is 8.00. The molecule has 2 rings (SSSR count). The van der Waals surface area contributed by atoms with Crippen molar-refractivity contribution in [3.63, 3.8) is 0 Å². The minimum absolute atomic E-state index is 0.164. The molecule has 27 heavy (non-hydrogen) atoms. The molecule has 0 unspecified atom stereocenters. The van der Waals surface area contributed by atoms with Crippen LogP contribution in [0, 0.1) is 5.92 Å². The van der Waals surface area contributed by atoms with Gasteiger partial charge in [-0.3, -0.25) is 9.59 Å². The van der Waals surface area contributed by atoms with Gasteiger partial charge in [0.1, 0.15) is 6.04 Å². The van der Waals surface area contributed by atoms with Crippen molar-refractivity contribution in [2.75, 3.05) is 13.2 Å². The zero-order valence-corrected chi connectivity index (χ0v) is 16.3. The highest BCUT2D eigenvalue weighted by Crippen LogP contribution is 2.11. The lowest BCUT2D eigenvalue weighted by atomic mass is 10.0. The SMILES string of the molecule is CC(C)[C@@H](NC(=O)c1cccs1)C(=O)OCC(=O)NCCc1ccccc1. The number of hydrogen-bond donors (Lipinski definition) is 2. The van der Waals surface area contributed by atoms with Gasteiger partial charge >= 0.3 is 5.97 Å². The first kappa shape index (κ1) is 20.6. The highest BCUT2D eigenvalue weighted by Gasteiger charge is 2.27. The summed E-state index contributed by atoms with van der Waals surface area (Å²) in [5.74, 6) is -1.48. The van der Waals surface area contributed by atoms with Crippen molar-refractivity contribution in [1.82, 2.24) is 10.6 Å². The summed E-state index contributed by atoms with van der Waals surface area (Å²) < 4.78 is 5.09. The molecule has 1 atom stereocenters. The predicted octanol–water partition coefficient (Wildman–Crippen LogP) is 2.40. The molecule has 0 aliphatic heterocycles. The lowest BCUT2D eigenvalue weighted by Gasteiger charge is -2.20. The minimum atomic E-state index is -0.809. The lowest BCUT2D eigenvalue weighted by Crippen LogP contribution is -2.46. The first-order valence-corrected chi connectivity index (χ1v) is 9.67. The summed E-state index contributed by atoms with van der Waals surface area (Å²) in [5.41, 5.74) is 1.12. The van der Waals surface area contributed by atoms with Crippen LogP contribution in [0.5, 0.6) is 0 Å². The number of benzene rings is 1. The third-order valence-electron chi connectivity index (χ3n) is 3.88. The van der Waals surface area contributed by atoms with Crippen molar-refractivity contribution in [3.8, 4) is 0 Å². The fraction of sp³-hybridized carbons (Fsp3) is 0.350. The Morgan fingerprint density at radius 2 is 1.81 bits per heavy atom. The summed E-state index contributed by atoms with van der Waals surface area (Å²) in [5, 5.41) is 7.18. The maximum Gasteiger partial charge on any atom is 0.329 e. The van der Waals surface area contributed by atoms with Crippen LogP contribution in [-0.2, 0) is 20.7 Å². The number of rotatable bonds is 9. The molecule has 0 aliphatic rings. The molecule has 0 radical (unpaired) electrons. The van der Waals surface area contributed by atoms with Gasteiger partial charge in [0.2, 0.25) is 0 Å². The van der Waals surface area contributed by atoms with Crippen molar-refractivity contribution in [1.29, 1.82) is 0 Å². The molecule has 0 saturated carbocycles. The van der Waals surface area contributed by atoms with Gasteiger partial charge in [0.15, 0.2) is 6.61 Å². The topological polar surface area (TPSA) is 84.5 Å². The highest BCUT2D eigenvalue weighted by atomic mass is 32.1. The Labute approximate surface area is 162 Å². The number of hydrogen-bond acceptors (Lipinski definition) is 5. The monoisotopic (exact) mass is 388 g/mol. The zero-order valence-electron chi connectivity index (χ0n) is 15.4. The van der Waals surface area contributed by atoms with Crippen molar-refractivity contribution in [2.45, 2.75) is 26.3 Å². The van der Waals surface area contributed by atoms with Gasteiger partial charge in [0.25, 0.3) is 11.8 Å². The molecule has 1 aromatic carbocycles. The standard InChI is InChI=1S/C20H24N2O4S/c1-14(2)18(22-19(24)16-9-6-12-27-16)20(25)26-13-17(23)21-11-10-15-7-4-3-5-8-15/h3-9,12,14,18H,10-11,13H2,1-2H3,(H,21,23)(H,22,24)/t18-/m1/s1. The van der Waals surface area contributed by atoms with E-state index < -0.39 is 12.0 Å². The van der Waals surface area contributed by atoms with Crippen LogP contribution in [0.3, 0.4) is 0 Å². The van der Waals surface area contributed by atoms with Gasteiger partial charge in [0.05, 0.1) is 4.88 Å². The molecule has 1 aromatic heterocycles. The van der Waals surface area contributed by atoms with E-state index in [0.717, 1.165) is 5.56 Å². The van der Waals surface area contributed by atoms with E-state index in [1.807, 2.05) is 30.3 Å². The number of esters is 1. The van der Waals surface area contributed by atoms with Crippen LogP contribution in [0.1, 0.15) is 29.1 Å². The van der Waals surface area contributed by atoms with E-state index in [-0.39, 0.29) is 24.3 Å². The maximum atomic E-state index is 12.3. The Morgan fingerprint density at radius 3 is 2.44 bits per heavy atom. The lowest BCUT2D eigenvalue weighted by molar-refractivity contribution is -0.151. The number of thiophene rings is 1. The number of amides is 2. The molecule has 1 heterocycles. The van der Waals surface area contributed by atoms with Gasteiger partial charge in [0, 0.05) is 6.54 Å². The van der Waals surface area contributed by atoms with E-state index in [9.17, 15) is 14.4 Å². The molecule has 2 N–H and O–H groups in total. The van der Waals surface area contributed by atoms with Gasteiger partial charge in [-0.2, -0.15) is 0 Å². The second-order valence-corrected chi connectivity index (χ2v) is 7.31. The van der Waals surface area contributed by atoms with E-state index in [4.69, 9.17) is 4.74 Å². The zero-order chi connectivity index (χ0) is 19.6. The van der Waals surface area contributed by atoms with E-state index >= 15 is 0 Å². The molecular formula is C20H24N2O4S. The Hall–Kier alpha value is -2.67. The molecule has 0 spiro atoms. The average Bonchev–Trinajstić information content (AvgIpc) is 3.19. The second-order valence-electron chi connectivity index (χ2n) is 6.37. The fourth-order valence-corrected chi connectivity index (χ4v) is 3.01. The number of carbonyl (C=O) groups is 3. The summed E-state index contributed by atoms with van der Waals surface area (Å²) in [4.78, 5) is 36.8. The Bertz CT molecular complexity index is 745. The summed E-state index contributed by atoms with van der Waals surface area (Å²) in [6.45, 7) is 3.70. The van der Waals surface area contributed by atoms with Crippen LogP contribution < -0.4 is 10.6 Å². The summed E-state index contributed by atoms with van der Waals surface area (Å²) in [7, 11) is 0. The van der Waals surface area contributed by atoms with E-state index in [0.29, 0.717) is 17.8 Å². The number of carbonyl (C=O) groups excluding carboxylic acids is 3. The summed E-state index contributed by atoms with van der Waals surface area (Å²) >= 11 is 1.29. The first-order valence-electron chi connectivity index (χ1n) is 8.79. The van der Waals surface area contributed by atoms with Gasteiger partial charge < -0.3 is 15.4 Å². The largest absolute Gasteiger partial charge is 0.454 e. The molecule has 144 valence electrons. The van der Waals surface area contributed by atoms with E-state index in [2.05, 4.69) is 10.6 Å². The van der Waals surface area contributed by atoms with Crippen LogP contribution in [-0.4, -0.2) is 37.0 Å². The molecular weight excluding hydrogens is 364 g/mol. The summed E-state index contributed by atoms with van der Waals surface area (Å²) in [6, 6.07) is 12.4. The third kappa shape index (κ3) is 6.86. The van der Waals surface area contributed by atoms with Crippen LogP contribution in [0.15, 0.2) is 47.8 Å². The van der Waals surface area contributed by atoms with Crippen molar-refractivity contribution in [2.24, 2.45) is 5.92 Å². The van der Waals surface area contributed by atoms with Crippen LogP contribution in [0.2, 0.25) is 0 Å². The van der Waals surface area contributed by atoms with Gasteiger partial charge in [-0.1, -0.05) is 50.2 Å². The number of ether oxygens (including phenoxy) is 1. The van der Waals surface area contributed by atoms with Crippen LogP contribution >= 0.6 is 11.3 Å². The Balaban J connectivity index is 1.75. The third-order valence-corrected chi connectivity index (χ3v) is 4.74. The highest BCUT2D eigenvalue weighted by molar-refractivity contribution is 7.12. The smallest absolute Gasteiger partial charge is 0.329 e. The van der Waals surface area contributed by atoms with Gasteiger partial charge in [-0.15, -0.1) is 11.3 Å². The quantitative estimate of drug-likeness (QED) is 0.646. The number of nitrogens with one attached hydrogen (secondary N) is 2. The van der Waals surface area contributed by atoms with Crippen molar-refractivity contribution >= 4 is 29.1 Å². The maximum absolute atomic E-state index is 12.3. The molecule has 7 heteroatoms. The van der Waals surface area contributed by atoms with Gasteiger partial charge in [-0.25, -0.2) is 4.79 Å². The second kappa shape index (κ2) is 10.5. The van der Waals surface area contributed by atoms with Crippen LogP contribution in [0.25, 0.3) is 0 Å². The Morgan fingerprint density at radius 1 is 1.07 bits per heavy atom. The van der Waals surface area contributed by atoms with E-state index in [1.54, 1.807) is 31.4 Å².